The average molecular weight is 347 g/mol. The van der Waals surface area contributed by atoms with E-state index in [0.29, 0.717) is 6.54 Å². The van der Waals surface area contributed by atoms with Crippen LogP contribution in [-0.2, 0) is 17.7 Å². The van der Waals surface area contributed by atoms with Gasteiger partial charge in [-0.05, 0) is 12.0 Å². The summed E-state index contributed by atoms with van der Waals surface area (Å²) in [5.41, 5.74) is 7.17. The molecule has 3 rings (SSSR count). The second-order valence-corrected chi connectivity index (χ2v) is 7.10. The van der Waals surface area contributed by atoms with Crippen molar-refractivity contribution in [3.05, 3.63) is 47.0 Å². The molecule has 1 aliphatic rings. The lowest BCUT2D eigenvalue weighted by Crippen LogP contribution is -2.36. The Labute approximate surface area is 148 Å². The van der Waals surface area contributed by atoms with Crippen molar-refractivity contribution in [3.63, 3.8) is 0 Å². The number of benzene rings is 1. The maximum Gasteiger partial charge on any atom is 0.185 e. The molecule has 0 unspecified atom stereocenters. The van der Waals surface area contributed by atoms with Gasteiger partial charge < -0.3 is 15.4 Å². The summed E-state index contributed by atoms with van der Waals surface area (Å²) in [6.45, 7) is 7.01. The van der Waals surface area contributed by atoms with Crippen molar-refractivity contribution in [2.24, 2.45) is 5.73 Å². The molecule has 0 saturated carbocycles. The number of aromatic nitrogens is 1. The molecule has 6 heteroatoms. The van der Waals surface area contributed by atoms with Crippen molar-refractivity contribution in [2.45, 2.75) is 13.0 Å². The van der Waals surface area contributed by atoms with Crippen LogP contribution in [-0.4, -0.2) is 55.8 Å². The van der Waals surface area contributed by atoms with E-state index in [1.807, 2.05) is 6.20 Å². The second kappa shape index (κ2) is 9.13. The highest BCUT2D eigenvalue weighted by Crippen LogP contribution is 2.24. The maximum atomic E-state index is 5.80. The first-order valence-electron chi connectivity index (χ1n) is 8.59. The zero-order valence-electron chi connectivity index (χ0n) is 14.1. The van der Waals surface area contributed by atoms with Crippen molar-refractivity contribution < 1.29 is 4.74 Å². The summed E-state index contributed by atoms with van der Waals surface area (Å²) in [5.74, 6) is 0. The molecular formula is C18H26N4OS. The molecule has 0 amide bonds. The summed E-state index contributed by atoms with van der Waals surface area (Å²) in [7, 11) is 0. The number of hydrogen-bond acceptors (Lipinski definition) is 6. The minimum atomic E-state index is 0.684. The average Bonchev–Trinajstić information content (AvgIpc) is 3.10. The fraction of sp³-hybridized carbons (Fsp3) is 0.500. The zero-order chi connectivity index (χ0) is 16.6. The third kappa shape index (κ3) is 5.01. The number of hydrogen-bond donors (Lipinski definition) is 1. The van der Waals surface area contributed by atoms with Gasteiger partial charge in [-0.25, -0.2) is 4.98 Å². The second-order valence-electron chi connectivity index (χ2n) is 6.01. The quantitative estimate of drug-likeness (QED) is 0.792. The third-order valence-corrected chi connectivity index (χ3v) is 5.25. The van der Waals surface area contributed by atoms with E-state index in [-0.39, 0.29) is 0 Å². The van der Waals surface area contributed by atoms with Gasteiger partial charge in [0, 0.05) is 50.3 Å². The van der Waals surface area contributed by atoms with Gasteiger partial charge in [-0.2, -0.15) is 0 Å². The highest BCUT2D eigenvalue weighted by atomic mass is 32.1. The molecule has 1 aromatic carbocycles. The molecule has 5 nitrogen and oxygen atoms in total. The predicted molar refractivity (Wildman–Crippen MR) is 99.6 cm³/mol. The molecule has 2 heterocycles. The van der Waals surface area contributed by atoms with Gasteiger partial charge in [0.25, 0.3) is 0 Å². The monoisotopic (exact) mass is 346 g/mol. The van der Waals surface area contributed by atoms with E-state index in [1.165, 1.54) is 10.4 Å². The number of nitrogens with zero attached hydrogens (tertiary/aromatic N) is 3. The minimum absolute atomic E-state index is 0.684. The van der Waals surface area contributed by atoms with Gasteiger partial charge in [0.1, 0.15) is 0 Å². The number of thiazole rings is 1. The topological polar surface area (TPSA) is 54.6 Å². The Morgan fingerprint density at radius 3 is 2.71 bits per heavy atom. The fourth-order valence-corrected chi connectivity index (χ4v) is 3.88. The first-order chi connectivity index (χ1) is 11.8. The number of rotatable bonds is 8. The first-order valence-corrected chi connectivity index (χ1v) is 9.40. The molecule has 1 fully saturated rings. The smallest absolute Gasteiger partial charge is 0.185 e. The molecular weight excluding hydrogens is 320 g/mol. The lowest BCUT2D eigenvalue weighted by Gasteiger charge is -2.26. The number of morpholine rings is 1. The Morgan fingerprint density at radius 2 is 1.96 bits per heavy atom. The lowest BCUT2D eigenvalue weighted by molar-refractivity contribution is 0.122. The Hall–Kier alpha value is -1.47. The summed E-state index contributed by atoms with van der Waals surface area (Å²) < 4.78 is 5.41. The van der Waals surface area contributed by atoms with Crippen molar-refractivity contribution in [2.75, 3.05) is 50.8 Å². The standard InChI is InChI=1S/C18H26N4OS/c19-7-9-21(8-6-16-4-2-1-3-5-16)15-17-14-20-18(24-17)22-10-12-23-13-11-22/h1-5,14H,6-13,15,19H2. The molecule has 0 radical (unpaired) electrons. The van der Waals surface area contributed by atoms with Crippen LogP contribution in [0.3, 0.4) is 0 Å². The largest absolute Gasteiger partial charge is 0.378 e. The van der Waals surface area contributed by atoms with Gasteiger partial charge in [-0.15, -0.1) is 11.3 Å². The molecule has 1 aromatic heterocycles. The van der Waals surface area contributed by atoms with Crippen molar-refractivity contribution in [3.8, 4) is 0 Å². The van der Waals surface area contributed by atoms with E-state index >= 15 is 0 Å². The molecule has 2 aromatic rings. The van der Waals surface area contributed by atoms with Gasteiger partial charge in [-0.1, -0.05) is 30.3 Å². The summed E-state index contributed by atoms with van der Waals surface area (Å²) in [6, 6.07) is 10.6. The molecule has 0 atom stereocenters. The minimum Gasteiger partial charge on any atom is -0.378 e. The van der Waals surface area contributed by atoms with E-state index in [1.54, 1.807) is 11.3 Å². The van der Waals surface area contributed by atoms with Crippen LogP contribution in [0.1, 0.15) is 10.4 Å². The van der Waals surface area contributed by atoms with Crippen molar-refractivity contribution >= 4 is 16.5 Å². The lowest BCUT2D eigenvalue weighted by atomic mass is 10.1. The van der Waals surface area contributed by atoms with Crippen LogP contribution >= 0.6 is 11.3 Å². The molecule has 0 bridgehead atoms. The predicted octanol–water partition coefficient (Wildman–Crippen LogP) is 1.98. The highest BCUT2D eigenvalue weighted by molar-refractivity contribution is 7.15. The molecule has 130 valence electrons. The Balaban J connectivity index is 1.55. The maximum absolute atomic E-state index is 5.80. The van der Waals surface area contributed by atoms with Gasteiger partial charge in [-0.3, -0.25) is 4.90 Å². The van der Waals surface area contributed by atoms with Gasteiger partial charge in [0.05, 0.1) is 13.2 Å². The summed E-state index contributed by atoms with van der Waals surface area (Å²) >= 11 is 1.79. The van der Waals surface area contributed by atoms with Crippen LogP contribution in [0.25, 0.3) is 0 Å². The Bertz CT molecular complexity index is 598. The molecule has 0 aliphatic carbocycles. The Kier molecular flexibility index (Phi) is 6.60. The molecule has 1 aliphatic heterocycles. The summed E-state index contributed by atoms with van der Waals surface area (Å²) in [4.78, 5) is 10.6. The number of anilines is 1. The van der Waals surface area contributed by atoms with E-state index in [0.717, 1.165) is 57.5 Å². The van der Waals surface area contributed by atoms with Crippen LogP contribution in [0, 0.1) is 0 Å². The van der Waals surface area contributed by atoms with Crippen LogP contribution < -0.4 is 10.6 Å². The van der Waals surface area contributed by atoms with E-state index in [4.69, 9.17) is 10.5 Å². The number of ether oxygens (including phenoxy) is 1. The number of nitrogens with two attached hydrogens (primary N) is 1. The molecule has 24 heavy (non-hydrogen) atoms. The SMILES string of the molecule is NCCN(CCc1ccccc1)Cc1cnc(N2CCOCC2)s1. The van der Waals surface area contributed by atoms with E-state index < -0.39 is 0 Å². The van der Waals surface area contributed by atoms with Crippen LogP contribution in [0.5, 0.6) is 0 Å². The normalized spacial score (nSPS) is 15.2. The molecule has 2 N–H and O–H groups in total. The molecule has 0 spiro atoms. The van der Waals surface area contributed by atoms with Crippen LogP contribution in [0.2, 0.25) is 0 Å². The molecule has 1 saturated heterocycles. The van der Waals surface area contributed by atoms with Gasteiger partial charge in [0.15, 0.2) is 5.13 Å². The van der Waals surface area contributed by atoms with E-state index in [9.17, 15) is 0 Å². The first kappa shape index (κ1) is 17.4. The highest BCUT2D eigenvalue weighted by Gasteiger charge is 2.15. The Morgan fingerprint density at radius 1 is 1.17 bits per heavy atom. The fourth-order valence-electron chi connectivity index (χ4n) is 2.88. The van der Waals surface area contributed by atoms with Crippen molar-refractivity contribution in [1.29, 1.82) is 0 Å². The van der Waals surface area contributed by atoms with Crippen LogP contribution in [0.4, 0.5) is 5.13 Å². The van der Waals surface area contributed by atoms with Crippen molar-refractivity contribution in [1.82, 2.24) is 9.88 Å². The van der Waals surface area contributed by atoms with Crippen LogP contribution in [0.15, 0.2) is 36.5 Å². The van der Waals surface area contributed by atoms with E-state index in [2.05, 4.69) is 45.1 Å². The summed E-state index contributed by atoms with van der Waals surface area (Å²) in [5, 5.41) is 1.11. The van der Waals surface area contributed by atoms with Gasteiger partial charge in [0.2, 0.25) is 0 Å². The third-order valence-electron chi connectivity index (χ3n) is 4.21. The van der Waals surface area contributed by atoms with Gasteiger partial charge >= 0.3 is 0 Å². The summed E-state index contributed by atoms with van der Waals surface area (Å²) in [6.07, 6.45) is 3.07. The zero-order valence-corrected chi connectivity index (χ0v) is 14.9.